The summed E-state index contributed by atoms with van der Waals surface area (Å²) in [6, 6.07) is 7.90. The van der Waals surface area contributed by atoms with Gasteiger partial charge < -0.3 is 20.5 Å². The van der Waals surface area contributed by atoms with Crippen LogP contribution in [0.2, 0.25) is 0 Å². The molecule has 0 radical (unpaired) electrons. The number of rotatable bonds is 5. The van der Waals surface area contributed by atoms with Crippen molar-refractivity contribution in [3.63, 3.8) is 0 Å². The first-order valence-electron chi connectivity index (χ1n) is 6.86. The first-order valence-corrected chi connectivity index (χ1v) is 6.86. The smallest absolute Gasteiger partial charge is 0.240 e. The fraction of sp³-hybridized carbons (Fsp3) is 0.533. The van der Waals surface area contributed by atoms with E-state index in [1.165, 1.54) is 0 Å². The molecule has 1 aliphatic rings. The van der Waals surface area contributed by atoms with Crippen molar-refractivity contribution in [3.8, 4) is 0 Å². The summed E-state index contributed by atoms with van der Waals surface area (Å²) in [6.45, 7) is 2.10. The standard InChI is InChI=1S/C15H22N2O3.ClH/c1-19-11-13-5-3-2-4-12(13)10-17-14(18)15(16)6-8-20-9-7-15;/h2-5H,6-11,16H2,1H3,(H,17,18);1H. The summed E-state index contributed by atoms with van der Waals surface area (Å²) in [6.07, 6.45) is 1.14. The average Bonchev–Trinajstić information content (AvgIpc) is 2.47. The van der Waals surface area contributed by atoms with E-state index in [4.69, 9.17) is 15.2 Å². The van der Waals surface area contributed by atoms with Gasteiger partial charge in [0.1, 0.15) is 0 Å². The molecule has 118 valence electrons. The summed E-state index contributed by atoms with van der Waals surface area (Å²) < 4.78 is 10.4. The lowest BCUT2D eigenvalue weighted by Gasteiger charge is -2.31. The van der Waals surface area contributed by atoms with Crippen LogP contribution in [0.25, 0.3) is 0 Å². The van der Waals surface area contributed by atoms with Gasteiger partial charge in [0.15, 0.2) is 0 Å². The van der Waals surface area contributed by atoms with Gasteiger partial charge in [0, 0.05) is 26.9 Å². The molecule has 2 rings (SSSR count). The molecule has 1 fully saturated rings. The van der Waals surface area contributed by atoms with Crippen molar-refractivity contribution in [1.29, 1.82) is 0 Å². The molecule has 0 unspecified atom stereocenters. The molecule has 5 nitrogen and oxygen atoms in total. The van der Waals surface area contributed by atoms with Crippen LogP contribution in [0.4, 0.5) is 0 Å². The lowest BCUT2D eigenvalue weighted by molar-refractivity contribution is -0.129. The maximum Gasteiger partial charge on any atom is 0.240 e. The molecule has 0 saturated carbocycles. The molecule has 0 aromatic heterocycles. The third-order valence-electron chi connectivity index (χ3n) is 3.69. The van der Waals surface area contributed by atoms with E-state index >= 15 is 0 Å². The van der Waals surface area contributed by atoms with Crippen molar-refractivity contribution < 1.29 is 14.3 Å². The van der Waals surface area contributed by atoms with Gasteiger partial charge in [-0.1, -0.05) is 24.3 Å². The second-order valence-corrected chi connectivity index (χ2v) is 5.15. The zero-order valence-corrected chi connectivity index (χ0v) is 13.1. The highest BCUT2D eigenvalue weighted by Gasteiger charge is 2.35. The fourth-order valence-corrected chi connectivity index (χ4v) is 2.34. The van der Waals surface area contributed by atoms with Gasteiger partial charge in [-0.05, 0) is 24.0 Å². The lowest BCUT2D eigenvalue weighted by Crippen LogP contribution is -2.56. The molecule has 1 aliphatic heterocycles. The van der Waals surface area contributed by atoms with E-state index in [-0.39, 0.29) is 18.3 Å². The molecule has 0 atom stereocenters. The van der Waals surface area contributed by atoms with Crippen molar-refractivity contribution in [1.82, 2.24) is 5.32 Å². The molecule has 1 amide bonds. The van der Waals surface area contributed by atoms with Crippen LogP contribution >= 0.6 is 12.4 Å². The van der Waals surface area contributed by atoms with Crippen LogP contribution < -0.4 is 11.1 Å². The fourth-order valence-electron chi connectivity index (χ4n) is 2.34. The van der Waals surface area contributed by atoms with E-state index in [1.54, 1.807) is 7.11 Å². The number of carbonyl (C=O) groups excluding carboxylic acids is 1. The first kappa shape index (κ1) is 17.9. The van der Waals surface area contributed by atoms with Gasteiger partial charge in [-0.15, -0.1) is 12.4 Å². The minimum atomic E-state index is -0.797. The first-order chi connectivity index (χ1) is 9.65. The van der Waals surface area contributed by atoms with Crippen molar-refractivity contribution in [2.45, 2.75) is 31.5 Å². The van der Waals surface area contributed by atoms with Gasteiger partial charge in [0.05, 0.1) is 12.1 Å². The maximum absolute atomic E-state index is 12.2. The Morgan fingerprint density at radius 2 is 1.95 bits per heavy atom. The van der Waals surface area contributed by atoms with Gasteiger partial charge >= 0.3 is 0 Å². The quantitative estimate of drug-likeness (QED) is 0.861. The number of nitrogens with two attached hydrogens (primary N) is 1. The number of methoxy groups -OCH3 is 1. The summed E-state index contributed by atoms with van der Waals surface area (Å²) in [5, 5.41) is 2.93. The van der Waals surface area contributed by atoms with E-state index in [0.717, 1.165) is 11.1 Å². The Morgan fingerprint density at radius 3 is 2.57 bits per heavy atom. The molecule has 1 aromatic carbocycles. The average molecular weight is 315 g/mol. The van der Waals surface area contributed by atoms with Crippen molar-refractivity contribution in [2.75, 3.05) is 20.3 Å². The van der Waals surface area contributed by atoms with Crippen LogP contribution in [0.3, 0.4) is 0 Å². The Labute approximate surface area is 131 Å². The van der Waals surface area contributed by atoms with Crippen LogP contribution in [0.5, 0.6) is 0 Å². The Kier molecular flexibility index (Phi) is 7.11. The molecule has 1 saturated heterocycles. The second-order valence-electron chi connectivity index (χ2n) is 5.15. The third-order valence-corrected chi connectivity index (χ3v) is 3.69. The van der Waals surface area contributed by atoms with Gasteiger partial charge in [0.2, 0.25) is 5.91 Å². The molecule has 0 aliphatic carbocycles. The lowest BCUT2D eigenvalue weighted by atomic mass is 9.90. The molecule has 0 bridgehead atoms. The van der Waals surface area contributed by atoms with Gasteiger partial charge in [0.25, 0.3) is 0 Å². The summed E-state index contributed by atoms with van der Waals surface area (Å²) in [4.78, 5) is 12.2. The predicted octanol–water partition coefficient (Wildman–Crippen LogP) is 1.38. The number of halogens is 1. The molecule has 0 spiro atoms. The number of ether oxygens (including phenoxy) is 2. The van der Waals surface area contributed by atoms with Crippen LogP contribution in [0.1, 0.15) is 24.0 Å². The van der Waals surface area contributed by atoms with E-state index in [0.29, 0.717) is 39.2 Å². The van der Waals surface area contributed by atoms with Gasteiger partial charge in [-0.3, -0.25) is 4.79 Å². The summed E-state index contributed by atoms with van der Waals surface area (Å²) in [5.41, 5.74) is 7.48. The van der Waals surface area contributed by atoms with E-state index in [1.807, 2.05) is 24.3 Å². The Bertz CT molecular complexity index is 462. The van der Waals surface area contributed by atoms with Crippen LogP contribution in [0.15, 0.2) is 24.3 Å². The number of hydrogen-bond acceptors (Lipinski definition) is 4. The monoisotopic (exact) mass is 314 g/mol. The topological polar surface area (TPSA) is 73.6 Å². The second kappa shape index (κ2) is 8.34. The van der Waals surface area contributed by atoms with Crippen LogP contribution in [-0.4, -0.2) is 31.8 Å². The highest BCUT2D eigenvalue weighted by molar-refractivity contribution is 5.86. The van der Waals surface area contributed by atoms with Crippen molar-refractivity contribution in [3.05, 3.63) is 35.4 Å². The third kappa shape index (κ3) is 4.68. The van der Waals surface area contributed by atoms with Crippen molar-refractivity contribution in [2.24, 2.45) is 5.73 Å². The van der Waals surface area contributed by atoms with Gasteiger partial charge in [-0.2, -0.15) is 0 Å². The normalized spacial score (nSPS) is 16.9. The summed E-state index contributed by atoms with van der Waals surface area (Å²) in [5.74, 6) is -0.104. The number of amides is 1. The summed E-state index contributed by atoms with van der Waals surface area (Å²) in [7, 11) is 1.66. The zero-order chi connectivity index (χ0) is 14.4. The van der Waals surface area contributed by atoms with Crippen LogP contribution in [0, 0.1) is 0 Å². The molecule has 6 heteroatoms. The molecular formula is C15H23ClN2O3. The van der Waals surface area contributed by atoms with Gasteiger partial charge in [-0.25, -0.2) is 0 Å². The van der Waals surface area contributed by atoms with Crippen LogP contribution in [-0.2, 0) is 27.4 Å². The Morgan fingerprint density at radius 1 is 1.33 bits per heavy atom. The number of carbonyl (C=O) groups is 1. The van der Waals surface area contributed by atoms with E-state index in [9.17, 15) is 4.79 Å². The minimum Gasteiger partial charge on any atom is -0.381 e. The van der Waals surface area contributed by atoms with E-state index < -0.39 is 5.54 Å². The molecule has 1 heterocycles. The molecule has 1 aromatic rings. The number of hydrogen-bond donors (Lipinski definition) is 2. The maximum atomic E-state index is 12.2. The van der Waals surface area contributed by atoms with E-state index in [2.05, 4.69) is 5.32 Å². The predicted molar refractivity (Wildman–Crippen MR) is 83.2 cm³/mol. The number of nitrogens with one attached hydrogen (secondary N) is 1. The Hall–Kier alpha value is -1.14. The molecule has 3 N–H and O–H groups in total. The summed E-state index contributed by atoms with van der Waals surface area (Å²) >= 11 is 0. The zero-order valence-electron chi connectivity index (χ0n) is 12.3. The largest absolute Gasteiger partial charge is 0.381 e. The highest BCUT2D eigenvalue weighted by Crippen LogP contribution is 2.18. The SMILES string of the molecule is COCc1ccccc1CNC(=O)C1(N)CCOCC1.Cl. The number of benzene rings is 1. The minimum absolute atomic E-state index is 0. The molecular weight excluding hydrogens is 292 g/mol. The van der Waals surface area contributed by atoms with Crippen molar-refractivity contribution >= 4 is 18.3 Å². The Balaban J connectivity index is 0.00000220. The highest BCUT2D eigenvalue weighted by atomic mass is 35.5. The molecule has 21 heavy (non-hydrogen) atoms.